The van der Waals surface area contributed by atoms with Gasteiger partial charge < -0.3 is 30.1 Å². The summed E-state index contributed by atoms with van der Waals surface area (Å²) in [6.07, 6.45) is 2.06. The van der Waals surface area contributed by atoms with Crippen molar-refractivity contribution in [2.24, 2.45) is 5.92 Å². The molecule has 12 nitrogen and oxygen atoms in total. The van der Waals surface area contributed by atoms with E-state index in [0.717, 1.165) is 79.9 Å². The molecule has 2 aliphatic rings. The molecule has 2 amide bonds. The van der Waals surface area contributed by atoms with Crippen LogP contribution in [0.2, 0.25) is 0 Å². The van der Waals surface area contributed by atoms with E-state index in [4.69, 9.17) is 9.47 Å². The van der Waals surface area contributed by atoms with Crippen molar-refractivity contribution in [2.45, 2.75) is 71.2 Å². The second kappa shape index (κ2) is 18.0. The van der Waals surface area contributed by atoms with Gasteiger partial charge in [0.2, 0.25) is 11.8 Å². The Hall–Kier alpha value is -4.36. The third-order valence-electron chi connectivity index (χ3n) is 9.56. The molecule has 3 aromatic rings. The summed E-state index contributed by atoms with van der Waals surface area (Å²) in [5.74, 6) is 0.0266. The lowest BCUT2D eigenvalue weighted by molar-refractivity contribution is -0.384. The fourth-order valence-electron chi connectivity index (χ4n) is 6.49. The number of hydrogen-bond acceptors (Lipinski definition) is 9. The Balaban J connectivity index is 1.18. The van der Waals surface area contributed by atoms with Crippen molar-refractivity contribution in [3.63, 3.8) is 0 Å². The van der Waals surface area contributed by atoms with E-state index in [1.807, 2.05) is 60.7 Å². The zero-order valence-electron chi connectivity index (χ0n) is 29.0. The van der Waals surface area contributed by atoms with Crippen molar-refractivity contribution in [1.29, 1.82) is 0 Å². The number of nitrogens with one attached hydrogen (secondary N) is 2. The molecule has 0 aliphatic carbocycles. The average molecular weight is 688 g/mol. The van der Waals surface area contributed by atoms with Crippen LogP contribution in [-0.4, -0.2) is 72.1 Å². The first-order chi connectivity index (χ1) is 24.2. The molecule has 0 aromatic heterocycles. The van der Waals surface area contributed by atoms with Gasteiger partial charge in [-0.25, -0.2) is 0 Å². The van der Waals surface area contributed by atoms with Crippen molar-refractivity contribution in [3.8, 4) is 0 Å². The molecule has 0 radical (unpaired) electrons. The largest absolute Gasteiger partial charge is 0.392 e. The number of nitro groups is 1. The summed E-state index contributed by atoms with van der Waals surface area (Å²) in [5.41, 5.74) is 4.83. The van der Waals surface area contributed by atoms with Crippen LogP contribution in [0.4, 0.5) is 11.4 Å². The number of carbonyl (C=O) groups is 2. The van der Waals surface area contributed by atoms with E-state index in [1.54, 1.807) is 12.1 Å². The standard InChI is InChI=1S/C38H49N5O7/c1-27-35(25-41-20-22-42(23-21-41)33-15-17-34(18-16-33)43(47)48)49-38(50-37(27)31-11-9-30(26-44)10-12-31)32-13-7-29(8-14-32)24-40-36(46)6-4-3-5-19-39-28(2)45/h7-18,27,35,37-38,44H,3-6,19-26H2,1-2H3,(H,39,45)(H,40,46)/t27-,35+,37+,38+/m0/s1. The van der Waals surface area contributed by atoms with Crippen LogP contribution in [0.15, 0.2) is 72.8 Å². The minimum absolute atomic E-state index is 0.00742. The molecule has 268 valence electrons. The second-order valence-electron chi connectivity index (χ2n) is 13.2. The number of rotatable bonds is 15. The molecule has 0 bridgehead atoms. The van der Waals surface area contributed by atoms with Gasteiger partial charge in [-0.05, 0) is 41.7 Å². The van der Waals surface area contributed by atoms with E-state index in [9.17, 15) is 24.8 Å². The van der Waals surface area contributed by atoms with E-state index in [2.05, 4.69) is 27.4 Å². The highest BCUT2D eigenvalue weighted by molar-refractivity contribution is 5.75. The van der Waals surface area contributed by atoms with E-state index in [0.29, 0.717) is 19.5 Å². The molecule has 50 heavy (non-hydrogen) atoms. The fraction of sp³-hybridized carbons (Fsp3) is 0.474. The lowest BCUT2D eigenvalue weighted by Gasteiger charge is -2.44. The molecule has 2 heterocycles. The molecule has 0 saturated carbocycles. The first-order valence-corrected chi connectivity index (χ1v) is 17.5. The number of benzene rings is 3. The molecular formula is C38H49N5O7. The van der Waals surface area contributed by atoms with E-state index in [1.165, 1.54) is 6.92 Å². The van der Waals surface area contributed by atoms with Crippen LogP contribution < -0.4 is 15.5 Å². The maximum absolute atomic E-state index is 12.4. The van der Waals surface area contributed by atoms with Crippen LogP contribution in [0.25, 0.3) is 0 Å². The van der Waals surface area contributed by atoms with Crippen LogP contribution in [0.1, 0.15) is 74.2 Å². The Morgan fingerprint density at radius 2 is 1.52 bits per heavy atom. The molecule has 5 rings (SSSR count). The van der Waals surface area contributed by atoms with Crippen LogP contribution in [0.5, 0.6) is 0 Å². The Labute approximate surface area is 293 Å². The van der Waals surface area contributed by atoms with Gasteiger partial charge in [0.05, 0.1) is 23.7 Å². The zero-order chi connectivity index (χ0) is 35.5. The summed E-state index contributed by atoms with van der Waals surface area (Å²) >= 11 is 0. The first-order valence-electron chi connectivity index (χ1n) is 17.5. The molecule has 4 atom stereocenters. The predicted molar refractivity (Wildman–Crippen MR) is 190 cm³/mol. The van der Waals surface area contributed by atoms with Gasteiger partial charge in [-0.3, -0.25) is 24.6 Å². The summed E-state index contributed by atoms with van der Waals surface area (Å²) < 4.78 is 13.3. The van der Waals surface area contributed by atoms with Gasteiger partial charge in [-0.15, -0.1) is 0 Å². The number of nitro benzene ring substituents is 1. The number of aliphatic hydroxyl groups is 1. The summed E-state index contributed by atoms with van der Waals surface area (Å²) in [7, 11) is 0. The topological polar surface area (TPSA) is 147 Å². The van der Waals surface area contributed by atoms with Crippen molar-refractivity contribution in [1.82, 2.24) is 15.5 Å². The minimum Gasteiger partial charge on any atom is -0.392 e. The smallest absolute Gasteiger partial charge is 0.269 e. The highest BCUT2D eigenvalue weighted by Crippen LogP contribution is 2.42. The van der Waals surface area contributed by atoms with Crippen LogP contribution in [0, 0.1) is 16.0 Å². The molecule has 2 fully saturated rings. The van der Waals surface area contributed by atoms with E-state index < -0.39 is 6.29 Å². The number of carbonyl (C=O) groups excluding carboxylic acids is 2. The molecule has 2 saturated heterocycles. The SMILES string of the molecule is CC(=O)NCCCCCC(=O)NCc1ccc([C@@H]2O[C@H](CN3CCN(c4ccc([N+](=O)[O-])cc4)CC3)[C@H](C)[C@H](c3ccc(CO)cc3)O2)cc1. The summed E-state index contributed by atoms with van der Waals surface area (Å²) in [4.78, 5) is 38.7. The van der Waals surface area contributed by atoms with Gasteiger partial charge in [0.1, 0.15) is 0 Å². The molecule has 3 aromatic carbocycles. The maximum Gasteiger partial charge on any atom is 0.269 e. The molecule has 2 aliphatic heterocycles. The third-order valence-corrected chi connectivity index (χ3v) is 9.56. The van der Waals surface area contributed by atoms with Crippen LogP contribution in [-0.2, 0) is 32.2 Å². The number of piperazine rings is 1. The highest BCUT2D eigenvalue weighted by atomic mass is 16.7. The predicted octanol–water partition coefficient (Wildman–Crippen LogP) is 5.01. The van der Waals surface area contributed by atoms with E-state index >= 15 is 0 Å². The Kier molecular flexibility index (Phi) is 13.3. The number of amides is 2. The summed E-state index contributed by atoms with van der Waals surface area (Å²) in [5, 5.41) is 26.4. The van der Waals surface area contributed by atoms with Crippen molar-refractivity contribution in [2.75, 3.05) is 44.2 Å². The Morgan fingerprint density at radius 1 is 0.860 bits per heavy atom. The number of ether oxygens (including phenoxy) is 2. The molecule has 12 heteroatoms. The summed E-state index contributed by atoms with van der Waals surface area (Å²) in [6, 6.07) is 22.6. The number of nitrogens with zero attached hydrogens (tertiary/aromatic N) is 3. The van der Waals surface area contributed by atoms with Crippen molar-refractivity contribution < 1.29 is 29.1 Å². The van der Waals surface area contributed by atoms with Crippen molar-refractivity contribution >= 4 is 23.2 Å². The average Bonchev–Trinajstić information content (AvgIpc) is 3.13. The molecule has 0 spiro atoms. The third kappa shape index (κ3) is 10.3. The summed E-state index contributed by atoms with van der Waals surface area (Å²) in [6.45, 7) is 8.73. The zero-order valence-corrected chi connectivity index (χ0v) is 29.0. The lowest BCUT2D eigenvalue weighted by atomic mass is 9.90. The molecule has 3 N–H and O–H groups in total. The monoisotopic (exact) mass is 687 g/mol. The minimum atomic E-state index is -0.582. The van der Waals surface area contributed by atoms with Crippen LogP contribution >= 0.6 is 0 Å². The number of non-ortho nitro benzene ring substituents is 1. The Bertz CT molecular complexity index is 1540. The molecular weight excluding hydrogens is 638 g/mol. The molecule has 0 unspecified atom stereocenters. The number of hydrogen-bond donors (Lipinski definition) is 3. The maximum atomic E-state index is 12.4. The van der Waals surface area contributed by atoms with Gasteiger partial charge >= 0.3 is 0 Å². The second-order valence-corrected chi connectivity index (χ2v) is 13.2. The van der Waals surface area contributed by atoms with Gasteiger partial charge in [-0.2, -0.15) is 0 Å². The fourth-order valence-corrected chi connectivity index (χ4v) is 6.49. The van der Waals surface area contributed by atoms with Crippen molar-refractivity contribution in [3.05, 3.63) is 105 Å². The normalized spacial score (nSPS) is 21.1. The Morgan fingerprint density at radius 3 is 2.16 bits per heavy atom. The first kappa shape index (κ1) is 36.9. The number of aliphatic hydroxyl groups excluding tert-OH is 1. The number of unbranched alkanes of at least 4 members (excludes halogenated alkanes) is 2. The van der Waals surface area contributed by atoms with Gasteiger partial charge in [-0.1, -0.05) is 61.9 Å². The van der Waals surface area contributed by atoms with Gasteiger partial charge in [0.25, 0.3) is 5.69 Å². The quantitative estimate of drug-likeness (QED) is 0.114. The van der Waals surface area contributed by atoms with Gasteiger partial charge in [0.15, 0.2) is 6.29 Å². The highest BCUT2D eigenvalue weighted by Gasteiger charge is 2.39. The number of anilines is 1. The van der Waals surface area contributed by atoms with E-state index in [-0.39, 0.29) is 47.2 Å². The van der Waals surface area contributed by atoms with Gasteiger partial charge in [0, 0.05) is 88.5 Å². The van der Waals surface area contributed by atoms with Crippen LogP contribution in [0.3, 0.4) is 0 Å². The lowest BCUT2D eigenvalue weighted by Crippen LogP contribution is -2.51.